The van der Waals surface area contributed by atoms with E-state index in [0.717, 1.165) is 53.5 Å². The molecule has 156 valence electrons. The number of esters is 1. The molecule has 0 radical (unpaired) electrons. The Labute approximate surface area is 186 Å². The molecule has 1 aromatic heterocycles. The number of piperidine rings is 1. The first kappa shape index (κ1) is 21.0. The lowest BCUT2D eigenvalue weighted by Gasteiger charge is -2.36. The van der Waals surface area contributed by atoms with Gasteiger partial charge in [-0.1, -0.05) is 59.6 Å². The predicted molar refractivity (Wildman–Crippen MR) is 123 cm³/mol. The number of alkyl halides is 1. The number of halogens is 2. The van der Waals surface area contributed by atoms with Gasteiger partial charge >= 0.3 is 5.97 Å². The SMILES string of the molecule is CCOC(=O)c1nc2ccccc2c(Cc2ccccc2Cl)c1N1CCCCC1Cl. The van der Waals surface area contributed by atoms with Gasteiger partial charge in [-0.15, -0.1) is 0 Å². The summed E-state index contributed by atoms with van der Waals surface area (Å²) in [5, 5.41) is 1.69. The molecule has 0 saturated carbocycles. The Morgan fingerprint density at radius 1 is 1.17 bits per heavy atom. The molecule has 1 unspecified atom stereocenters. The van der Waals surface area contributed by atoms with Gasteiger partial charge in [-0.3, -0.25) is 0 Å². The first-order valence-corrected chi connectivity index (χ1v) is 11.1. The third-order valence-electron chi connectivity index (χ3n) is 5.48. The molecule has 0 bridgehead atoms. The molecule has 0 amide bonds. The van der Waals surface area contributed by atoms with E-state index in [1.165, 1.54) is 0 Å². The van der Waals surface area contributed by atoms with E-state index in [2.05, 4.69) is 4.90 Å². The lowest BCUT2D eigenvalue weighted by molar-refractivity contribution is 0.0520. The molecule has 0 aliphatic carbocycles. The van der Waals surface area contributed by atoms with Crippen molar-refractivity contribution in [2.24, 2.45) is 0 Å². The zero-order valence-corrected chi connectivity index (χ0v) is 18.4. The average molecular weight is 443 g/mol. The Bertz CT molecular complexity index is 1070. The van der Waals surface area contributed by atoms with E-state index in [1.807, 2.05) is 48.5 Å². The molecule has 1 saturated heterocycles. The Kier molecular flexibility index (Phi) is 6.45. The summed E-state index contributed by atoms with van der Waals surface area (Å²) in [6, 6.07) is 15.7. The monoisotopic (exact) mass is 442 g/mol. The standard InChI is InChI=1S/C24H24Cl2N2O2/c1-2-30-24(29)22-23(28-14-8-7-13-21(28)26)18(15-16-9-3-5-11-19(16)25)17-10-4-6-12-20(17)27-22/h3-6,9-12,21H,2,7-8,13-15H2,1H3. The van der Waals surface area contributed by atoms with Crippen LogP contribution in [0.2, 0.25) is 5.02 Å². The van der Waals surface area contributed by atoms with E-state index in [0.29, 0.717) is 17.1 Å². The lowest BCUT2D eigenvalue weighted by Crippen LogP contribution is -2.38. The van der Waals surface area contributed by atoms with Crippen molar-refractivity contribution in [3.63, 3.8) is 0 Å². The molecule has 2 heterocycles. The van der Waals surface area contributed by atoms with Gasteiger partial charge in [-0.25, -0.2) is 9.78 Å². The summed E-state index contributed by atoms with van der Waals surface area (Å²) in [6.45, 7) is 2.86. The largest absolute Gasteiger partial charge is 0.461 e. The minimum atomic E-state index is -0.423. The van der Waals surface area contributed by atoms with Gasteiger partial charge in [0.2, 0.25) is 0 Å². The van der Waals surface area contributed by atoms with E-state index >= 15 is 0 Å². The fraction of sp³-hybridized carbons (Fsp3) is 0.333. The van der Waals surface area contributed by atoms with E-state index in [9.17, 15) is 4.79 Å². The summed E-state index contributed by atoms with van der Waals surface area (Å²) >= 11 is 13.2. The van der Waals surface area contributed by atoms with Crippen LogP contribution < -0.4 is 4.90 Å². The summed E-state index contributed by atoms with van der Waals surface area (Å²) < 4.78 is 5.38. The zero-order valence-electron chi connectivity index (χ0n) is 16.9. The van der Waals surface area contributed by atoms with Gasteiger partial charge in [0.1, 0.15) is 5.50 Å². The molecule has 0 spiro atoms. The fourth-order valence-corrected chi connectivity index (χ4v) is 4.63. The highest BCUT2D eigenvalue weighted by molar-refractivity contribution is 6.31. The second-order valence-corrected chi connectivity index (χ2v) is 8.33. The number of hydrogen-bond donors (Lipinski definition) is 0. The minimum Gasteiger partial charge on any atom is -0.461 e. The molecule has 0 N–H and O–H groups in total. The molecule has 4 nitrogen and oxygen atoms in total. The average Bonchev–Trinajstić information content (AvgIpc) is 2.76. The molecular weight excluding hydrogens is 419 g/mol. The Balaban J connectivity index is 1.98. The van der Waals surface area contributed by atoms with Crippen LogP contribution in [0.1, 0.15) is 47.8 Å². The van der Waals surface area contributed by atoms with Gasteiger partial charge < -0.3 is 9.64 Å². The fourth-order valence-electron chi connectivity index (χ4n) is 4.08. The van der Waals surface area contributed by atoms with Gasteiger partial charge in [0.05, 0.1) is 17.8 Å². The Hall–Kier alpha value is -2.30. The summed E-state index contributed by atoms with van der Waals surface area (Å²) in [5.74, 6) is -0.423. The number of carbonyl (C=O) groups excluding carboxylic acids is 1. The summed E-state index contributed by atoms with van der Waals surface area (Å²) in [4.78, 5) is 19.8. The van der Waals surface area contributed by atoms with Crippen LogP contribution in [0.5, 0.6) is 0 Å². The number of para-hydroxylation sites is 1. The van der Waals surface area contributed by atoms with Gasteiger partial charge in [0.25, 0.3) is 0 Å². The Morgan fingerprint density at radius 2 is 1.93 bits per heavy atom. The number of hydrogen-bond acceptors (Lipinski definition) is 4. The maximum Gasteiger partial charge on any atom is 0.359 e. The van der Waals surface area contributed by atoms with Gasteiger partial charge in [0, 0.05) is 23.4 Å². The second-order valence-electron chi connectivity index (χ2n) is 7.42. The molecule has 4 rings (SSSR count). The number of aromatic nitrogens is 1. The maximum absolute atomic E-state index is 12.9. The molecule has 1 atom stereocenters. The molecule has 2 aromatic carbocycles. The van der Waals surface area contributed by atoms with E-state index in [4.69, 9.17) is 32.9 Å². The molecule has 1 fully saturated rings. The van der Waals surface area contributed by atoms with Crippen LogP contribution in [0, 0.1) is 0 Å². The summed E-state index contributed by atoms with van der Waals surface area (Å²) in [5.41, 5.74) is 3.66. The summed E-state index contributed by atoms with van der Waals surface area (Å²) in [7, 11) is 0. The van der Waals surface area contributed by atoms with Crippen LogP contribution in [0.15, 0.2) is 48.5 Å². The zero-order chi connectivity index (χ0) is 21.1. The topological polar surface area (TPSA) is 42.4 Å². The number of benzene rings is 2. The molecule has 1 aliphatic rings. The number of fused-ring (bicyclic) bond motifs is 1. The highest BCUT2D eigenvalue weighted by Crippen LogP contribution is 2.38. The van der Waals surface area contributed by atoms with E-state index in [1.54, 1.807) is 6.92 Å². The quantitative estimate of drug-likeness (QED) is 0.267. The number of carbonyl (C=O) groups is 1. The van der Waals surface area contributed by atoms with Crippen molar-refractivity contribution in [3.05, 3.63) is 70.4 Å². The highest BCUT2D eigenvalue weighted by atomic mass is 35.5. The van der Waals surface area contributed by atoms with Gasteiger partial charge in [-0.2, -0.15) is 0 Å². The third-order valence-corrected chi connectivity index (χ3v) is 6.30. The Morgan fingerprint density at radius 3 is 2.70 bits per heavy atom. The van der Waals surface area contributed by atoms with Gasteiger partial charge in [0.15, 0.2) is 5.69 Å². The van der Waals surface area contributed by atoms with Crippen molar-refractivity contribution < 1.29 is 9.53 Å². The van der Waals surface area contributed by atoms with E-state index in [-0.39, 0.29) is 12.1 Å². The number of nitrogens with zero attached hydrogens (tertiary/aromatic N) is 2. The smallest absolute Gasteiger partial charge is 0.359 e. The van der Waals surface area contributed by atoms with Crippen molar-refractivity contribution in [1.82, 2.24) is 4.98 Å². The number of rotatable bonds is 5. The second kappa shape index (κ2) is 9.23. The van der Waals surface area contributed by atoms with Crippen molar-refractivity contribution in [3.8, 4) is 0 Å². The molecule has 3 aromatic rings. The summed E-state index contributed by atoms with van der Waals surface area (Å²) in [6.07, 6.45) is 3.52. The van der Waals surface area contributed by atoms with Crippen LogP contribution in [-0.4, -0.2) is 29.6 Å². The molecule has 6 heteroatoms. The van der Waals surface area contributed by atoms with Crippen LogP contribution in [0.4, 0.5) is 5.69 Å². The number of ether oxygens (including phenoxy) is 1. The van der Waals surface area contributed by atoms with Crippen molar-refractivity contribution in [2.75, 3.05) is 18.1 Å². The van der Waals surface area contributed by atoms with Crippen LogP contribution in [0.25, 0.3) is 10.9 Å². The van der Waals surface area contributed by atoms with Crippen molar-refractivity contribution >= 4 is 45.8 Å². The molecular formula is C24H24Cl2N2O2. The van der Waals surface area contributed by atoms with Crippen LogP contribution >= 0.6 is 23.2 Å². The van der Waals surface area contributed by atoms with Crippen molar-refractivity contribution in [2.45, 2.75) is 38.1 Å². The maximum atomic E-state index is 12.9. The minimum absolute atomic E-state index is 0.195. The number of pyridine rings is 1. The van der Waals surface area contributed by atoms with Crippen LogP contribution in [-0.2, 0) is 11.2 Å². The first-order chi connectivity index (χ1) is 14.6. The normalized spacial score (nSPS) is 16.6. The molecule has 30 heavy (non-hydrogen) atoms. The van der Waals surface area contributed by atoms with E-state index < -0.39 is 5.97 Å². The molecule has 1 aliphatic heterocycles. The predicted octanol–water partition coefficient (Wildman–Crippen LogP) is 6.21. The van der Waals surface area contributed by atoms with Crippen LogP contribution in [0.3, 0.4) is 0 Å². The highest BCUT2D eigenvalue weighted by Gasteiger charge is 2.30. The van der Waals surface area contributed by atoms with Gasteiger partial charge in [-0.05, 0) is 49.4 Å². The number of anilines is 1. The first-order valence-electron chi connectivity index (χ1n) is 10.3. The third kappa shape index (κ3) is 4.12. The van der Waals surface area contributed by atoms with Crippen molar-refractivity contribution in [1.29, 1.82) is 0 Å². The lowest BCUT2D eigenvalue weighted by atomic mass is 9.96.